The van der Waals surface area contributed by atoms with E-state index in [9.17, 15) is 4.79 Å². The number of carbonyl (C=O) groups is 1. The summed E-state index contributed by atoms with van der Waals surface area (Å²) in [6, 6.07) is 3.82. The number of halogens is 2. The summed E-state index contributed by atoms with van der Waals surface area (Å²) in [5.74, 6) is 0.252. The molecule has 0 unspecified atom stereocenters. The Balaban J connectivity index is 1.30. The minimum absolute atomic E-state index is 0.0210. The van der Waals surface area contributed by atoms with Crippen LogP contribution >= 0.6 is 15.9 Å². The number of hydrogen-bond acceptors (Lipinski definition) is 7. The van der Waals surface area contributed by atoms with Crippen LogP contribution in [0.4, 0.5) is 15.0 Å². The van der Waals surface area contributed by atoms with Crippen LogP contribution in [0.25, 0.3) is 10.9 Å². The number of fused-ring (bicyclic) bond motifs is 4. The van der Waals surface area contributed by atoms with Gasteiger partial charge in [-0.1, -0.05) is 0 Å². The van der Waals surface area contributed by atoms with E-state index in [2.05, 4.69) is 30.7 Å². The van der Waals surface area contributed by atoms with Gasteiger partial charge in [0, 0.05) is 18.5 Å². The van der Waals surface area contributed by atoms with Crippen molar-refractivity contribution in [2.45, 2.75) is 82.5 Å². The van der Waals surface area contributed by atoms with Crippen LogP contribution in [0.2, 0.25) is 0 Å². The third kappa shape index (κ3) is 4.54. The number of piperazine rings is 1. The van der Waals surface area contributed by atoms with Crippen LogP contribution in [0, 0.1) is 5.82 Å². The average molecular weight is 577 g/mol. The molecule has 0 N–H and O–H groups in total. The number of benzene rings is 1. The Labute approximate surface area is 225 Å². The van der Waals surface area contributed by atoms with E-state index in [0.29, 0.717) is 35.4 Å². The largest absolute Gasteiger partial charge is 0.461 e. The lowest BCUT2D eigenvalue weighted by atomic mass is 9.95. The zero-order chi connectivity index (χ0) is 25.9. The quantitative estimate of drug-likeness (QED) is 0.500. The Hall–Kier alpha value is -2.20. The lowest BCUT2D eigenvalue weighted by Crippen LogP contribution is -2.57. The topological polar surface area (TPSA) is 71.0 Å². The van der Waals surface area contributed by atoms with Crippen LogP contribution in [0.1, 0.15) is 59.3 Å². The maximum absolute atomic E-state index is 15.3. The van der Waals surface area contributed by atoms with Gasteiger partial charge in [-0.15, -0.1) is 0 Å². The van der Waals surface area contributed by atoms with Crippen molar-refractivity contribution in [2.24, 2.45) is 0 Å². The van der Waals surface area contributed by atoms with Gasteiger partial charge in [-0.25, -0.2) is 9.18 Å². The van der Waals surface area contributed by atoms with Gasteiger partial charge in [-0.05, 0) is 100 Å². The van der Waals surface area contributed by atoms with Crippen molar-refractivity contribution < 1.29 is 18.7 Å². The summed E-state index contributed by atoms with van der Waals surface area (Å²) in [7, 11) is 0. The Morgan fingerprint density at radius 3 is 2.46 bits per heavy atom. The molecule has 10 heteroatoms. The highest BCUT2D eigenvalue weighted by Crippen LogP contribution is 2.40. The minimum atomic E-state index is -0.540. The lowest BCUT2D eigenvalue weighted by molar-refractivity contribution is 0.0122. The fraction of sp³-hybridized carbons (Fsp3) is 0.667. The molecule has 8 nitrogen and oxygen atoms in total. The molecule has 4 saturated heterocycles. The van der Waals surface area contributed by atoms with Crippen molar-refractivity contribution in [3.05, 3.63) is 22.4 Å². The molecule has 4 aliphatic heterocycles. The van der Waals surface area contributed by atoms with Crippen molar-refractivity contribution in [1.29, 1.82) is 0 Å². The van der Waals surface area contributed by atoms with Crippen LogP contribution < -0.4 is 9.64 Å². The molecule has 2 atom stereocenters. The number of ether oxygens (including phenoxy) is 2. The van der Waals surface area contributed by atoms with E-state index in [4.69, 9.17) is 14.5 Å². The third-order valence-electron chi connectivity index (χ3n) is 8.39. The minimum Gasteiger partial charge on any atom is -0.461 e. The summed E-state index contributed by atoms with van der Waals surface area (Å²) >= 11 is 3.31. The van der Waals surface area contributed by atoms with Crippen LogP contribution in [0.3, 0.4) is 0 Å². The lowest BCUT2D eigenvalue weighted by Gasteiger charge is -2.42. The molecule has 5 heterocycles. The number of hydrogen-bond donors (Lipinski definition) is 0. The number of amides is 1. The van der Waals surface area contributed by atoms with Gasteiger partial charge >= 0.3 is 12.1 Å². The zero-order valence-corrected chi connectivity index (χ0v) is 23.4. The SMILES string of the molecule is CC(C)(C)OC(=O)N1[C@@H]2CC[C@H]1CN(c1nc(OCC34CCCN3CCC4)nc3c(F)c(Br)ccc13)C2. The third-order valence-corrected chi connectivity index (χ3v) is 9.00. The molecular weight excluding hydrogens is 541 g/mol. The summed E-state index contributed by atoms with van der Waals surface area (Å²) < 4.78 is 27.6. The van der Waals surface area contributed by atoms with E-state index >= 15 is 4.39 Å². The van der Waals surface area contributed by atoms with Crippen LogP contribution in [0.15, 0.2) is 16.6 Å². The van der Waals surface area contributed by atoms with Crippen molar-refractivity contribution in [1.82, 2.24) is 19.8 Å². The number of aromatic nitrogens is 2. The molecule has 6 rings (SSSR count). The number of carbonyl (C=O) groups excluding carboxylic acids is 1. The highest BCUT2D eigenvalue weighted by Gasteiger charge is 2.46. The summed E-state index contributed by atoms with van der Waals surface area (Å²) in [4.78, 5) is 28.9. The smallest absolute Gasteiger partial charge is 0.410 e. The van der Waals surface area contributed by atoms with E-state index in [1.54, 1.807) is 6.07 Å². The molecule has 2 bridgehead atoms. The van der Waals surface area contributed by atoms with Crippen LogP contribution in [-0.4, -0.2) is 81.9 Å². The van der Waals surface area contributed by atoms with E-state index in [-0.39, 0.29) is 35.2 Å². The monoisotopic (exact) mass is 575 g/mol. The van der Waals surface area contributed by atoms with Crippen molar-refractivity contribution in [3.8, 4) is 6.01 Å². The van der Waals surface area contributed by atoms with Gasteiger partial charge in [0.15, 0.2) is 5.82 Å². The first kappa shape index (κ1) is 25.1. The van der Waals surface area contributed by atoms with E-state index in [0.717, 1.165) is 38.8 Å². The highest BCUT2D eigenvalue weighted by molar-refractivity contribution is 9.10. The van der Waals surface area contributed by atoms with Crippen LogP contribution in [0.5, 0.6) is 6.01 Å². The summed E-state index contributed by atoms with van der Waals surface area (Å²) in [6.07, 6.45) is 6.14. The summed E-state index contributed by atoms with van der Waals surface area (Å²) in [5.41, 5.74) is -0.239. The second kappa shape index (κ2) is 9.22. The van der Waals surface area contributed by atoms with Crippen molar-refractivity contribution in [2.75, 3.05) is 37.7 Å². The second-order valence-electron chi connectivity index (χ2n) is 12.0. The van der Waals surface area contributed by atoms with Crippen LogP contribution in [-0.2, 0) is 4.74 Å². The molecule has 4 fully saturated rings. The van der Waals surface area contributed by atoms with E-state index in [1.807, 2.05) is 31.7 Å². The average Bonchev–Trinajstić information content (AvgIpc) is 3.49. The van der Waals surface area contributed by atoms with Gasteiger partial charge in [0.05, 0.1) is 22.1 Å². The fourth-order valence-corrected chi connectivity index (χ4v) is 7.08. The molecule has 2 aromatic rings. The Morgan fingerprint density at radius 2 is 1.81 bits per heavy atom. The standard InChI is InChI=1S/C27H35BrFN5O3/c1-26(2,3)37-25(35)34-17-6-7-18(34)15-32(14-17)23-19-8-9-20(28)21(29)22(19)30-24(31-23)36-16-27-10-4-12-33(27)13-5-11-27/h8-9,17-18H,4-7,10-16H2,1-3H3/t17-,18+. The van der Waals surface area contributed by atoms with Crippen molar-refractivity contribution in [3.63, 3.8) is 0 Å². The fourth-order valence-electron chi connectivity index (χ4n) is 6.76. The number of rotatable bonds is 4. The molecule has 0 aliphatic carbocycles. The van der Waals surface area contributed by atoms with Gasteiger partial charge in [-0.3, -0.25) is 9.80 Å². The van der Waals surface area contributed by atoms with Gasteiger partial charge < -0.3 is 14.4 Å². The first-order chi connectivity index (χ1) is 17.6. The molecule has 1 aromatic heterocycles. The highest BCUT2D eigenvalue weighted by atomic mass is 79.9. The van der Waals surface area contributed by atoms with Gasteiger partial charge in [0.25, 0.3) is 0 Å². The first-order valence-electron chi connectivity index (χ1n) is 13.4. The second-order valence-corrected chi connectivity index (χ2v) is 12.8. The normalized spacial score (nSPS) is 25.1. The molecule has 0 radical (unpaired) electrons. The molecule has 1 amide bonds. The van der Waals surface area contributed by atoms with Crippen molar-refractivity contribution >= 4 is 38.7 Å². The molecule has 0 saturated carbocycles. The Kier molecular flexibility index (Phi) is 6.25. The maximum Gasteiger partial charge on any atom is 0.410 e. The number of nitrogens with zero attached hydrogens (tertiary/aromatic N) is 5. The molecule has 1 aromatic carbocycles. The molecule has 4 aliphatic rings. The molecule has 200 valence electrons. The Morgan fingerprint density at radius 1 is 1.14 bits per heavy atom. The number of anilines is 1. The van der Waals surface area contributed by atoms with Gasteiger partial charge in [-0.2, -0.15) is 9.97 Å². The predicted molar refractivity (Wildman–Crippen MR) is 143 cm³/mol. The first-order valence-corrected chi connectivity index (χ1v) is 14.2. The predicted octanol–water partition coefficient (Wildman–Crippen LogP) is 5.13. The molecular formula is C27H35BrFN5O3. The molecule has 37 heavy (non-hydrogen) atoms. The summed E-state index contributed by atoms with van der Waals surface area (Å²) in [5, 5.41) is 0.652. The van der Waals surface area contributed by atoms with Gasteiger partial charge in [0.1, 0.15) is 23.5 Å². The summed E-state index contributed by atoms with van der Waals surface area (Å²) in [6.45, 7) is 9.62. The molecule has 0 spiro atoms. The Bertz CT molecular complexity index is 1200. The van der Waals surface area contributed by atoms with E-state index < -0.39 is 11.4 Å². The van der Waals surface area contributed by atoms with Gasteiger partial charge in [0.2, 0.25) is 0 Å². The zero-order valence-electron chi connectivity index (χ0n) is 21.8. The van der Waals surface area contributed by atoms with E-state index in [1.165, 1.54) is 12.8 Å². The maximum atomic E-state index is 15.3.